The quantitative estimate of drug-likeness (QED) is 0.548. The number of nitrogens with zero attached hydrogens (tertiary/aromatic N) is 2. The Morgan fingerprint density at radius 2 is 2.46 bits per heavy atom. The maximum absolute atomic E-state index is 10.9. The SMILES string of the molecule is NC(=O)NC(=O)CSc1cn[nH]n1. The number of primary amides is 1. The van der Waals surface area contributed by atoms with E-state index in [1.165, 1.54) is 6.20 Å². The molecule has 0 saturated heterocycles. The predicted molar refractivity (Wildman–Crippen MR) is 44.8 cm³/mol. The number of aromatic nitrogens is 3. The number of urea groups is 1. The Kier molecular flexibility index (Phi) is 3.26. The molecule has 1 rings (SSSR count). The van der Waals surface area contributed by atoms with E-state index in [4.69, 9.17) is 5.73 Å². The molecule has 1 aromatic rings. The van der Waals surface area contributed by atoms with Crippen molar-refractivity contribution >= 4 is 23.7 Å². The summed E-state index contributed by atoms with van der Waals surface area (Å²) >= 11 is 1.15. The molecule has 0 aliphatic heterocycles. The Morgan fingerprint density at radius 3 is 3.00 bits per heavy atom. The molecule has 0 bridgehead atoms. The van der Waals surface area contributed by atoms with Gasteiger partial charge in [0.2, 0.25) is 5.91 Å². The van der Waals surface area contributed by atoms with Crippen molar-refractivity contribution in [3.8, 4) is 0 Å². The molecule has 0 saturated carbocycles. The van der Waals surface area contributed by atoms with E-state index in [2.05, 4.69) is 15.4 Å². The first kappa shape index (κ1) is 9.52. The summed E-state index contributed by atoms with van der Waals surface area (Å²) in [4.78, 5) is 21.1. The second-order valence-electron chi connectivity index (χ2n) is 2.01. The van der Waals surface area contributed by atoms with Crippen LogP contribution in [-0.4, -0.2) is 33.1 Å². The van der Waals surface area contributed by atoms with Gasteiger partial charge in [0.05, 0.1) is 11.9 Å². The summed E-state index contributed by atoms with van der Waals surface area (Å²) in [5, 5.41) is 12.1. The van der Waals surface area contributed by atoms with Gasteiger partial charge in [-0.05, 0) is 0 Å². The Labute approximate surface area is 77.4 Å². The highest BCUT2D eigenvalue weighted by Gasteiger charge is 2.05. The number of nitrogens with one attached hydrogen (secondary N) is 2. The summed E-state index contributed by atoms with van der Waals surface area (Å²) in [6, 6.07) is -0.856. The predicted octanol–water partition coefficient (Wildman–Crippen LogP) is -0.908. The average Bonchev–Trinajstić information content (AvgIpc) is 2.51. The molecule has 70 valence electrons. The Hall–Kier alpha value is -1.57. The largest absolute Gasteiger partial charge is 0.351 e. The summed E-state index contributed by atoms with van der Waals surface area (Å²) in [6.07, 6.45) is 1.47. The van der Waals surface area contributed by atoms with E-state index in [0.717, 1.165) is 11.8 Å². The second kappa shape index (κ2) is 4.45. The molecule has 13 heavy (non-hydrogen) atoms. The Balaban J connectivity index is 2.27. The zero-order valence-electron chi connectivity index (χ0n) is 6.48. The highest BCUT2D eigenvalue weighted by atomic mass is 32.2. The van der Waals surface area contributed by atoms with Crippen LogP contribution in [0.2, 0.25) is 0 Å². The van der Waals surface area contributed by atoms with Gasteiger partial charge in [0, 0.05) is 0 Å². The first-order valence-electron chi connectivity index (χ1n) is 3.26. The van der Waals surface area contributed by atoms with Crippen LogP contribution in [0.25, 0.3) is 0 Å². The van der Waals surface area contributed by atoms with Gasteiger partial charge in [-0.3, -0.25) is 10.1 Å². The molecule has 1 heterocycles. The fourth-order valence-electron chi connectivity index (χ4n) is 0.574. The standard InChI is InChI=1S/C5H7N5O2S/c6-5(12)8-3(11)2-13-4-1-7-10-9-4/h1H,2H2,(H,7,9,10)(H3,6,8,11,12). The molecule has 4 N–H and O–H groups in total. The van der Waals surface area contributed by atoms with Crippen molar-refractivity contribution in [2.75, 3.05) is 5.75 Å². The van der Waals surface area contributed by atoms with E-state index in [9.17, 15) is 9.59 Å². The first-order valence-corrected chi connectivity index (χ1v) is 4.25. The highest BCUT2D eigenvalue weighted by Crippen LogP contribution is 2.11. The first-order chi connectivity index (χ1) is 6.18. The number of H-pyrrole nitrogens is 1. The molecule has 3 amide bonds. The fraction of sp³-hybridized carbons (Fsp3) is 0.200. The lowest BCUT2D eigenvalue weighted by Crippen LogP contribution is -2.36. The van der Waals surface area contributed by atoms with Crippen molar-refractivity contribution in [2.45, 2.75) is 5.03 Å². The topological polar surface area (TPSA) is 114 Å². The number of nitrogens with two attached hydrogens (primary N) is 1. The average molecular weight is 201 g/mol. The molecule has 0 spiro atoms. The van der Waals surface area contributed by atoms with E-state index < -0.39 is 11.9 Å². The van der Waals surface area contributed by atoms with E-state index in [1.807, 2.05) is 5.32 Å². The van der Waals surface area contributed by atoms with Gasteiger partial charge in [0.1, 0.15) is 5.03 Å². The minimum Gasteiger partial charge on any atom is -0.351 e. The lowest BCUT2D eigenvalue weighted by atomic mass is 10.7. The molecule has 0 aliphatic carbocycles. The summed E-state index contributed by atoms with van der Waals surface area (Å²) in [6.45, 7) is 0. The van der Waals surface area contributed by atoms with Crippen molar-refractivity contribution in [1.29, 1.82) is 0 Å². The molecular weight excluding hydrogens is 194 g/mol. The normalized spacial score (nSPS) is 9.54. The van der Waals surface area contributed by atoms with Gasteiger partial charge in [0.25, 0.3) is 0 Å². The molecule has 0 radical (unpaired) electrons. The summed E-state index contributed by atoms with van der Waals surface area (Å²) in [5.41, 5.74) is 4.73. The van der Waals surface area contributed by atoms with Crippen LogP contribution in [0.1, 0.15) is 0 Å². The van der Waals surface area contributed by atoms with Crippen LogP contribution >= 0.6 is 11.8 Å². The number of carbonyl (C=O) groups excluding carboxylic acids is 2. The van der Waals surface area contributed by atoms with Crippen LogP contribution in [0.5, 0.6) is 0 Å². The third-order valence-electron chi connectivity index (χ3n) is 1.01. The number of hydrogen-bond acceptors (Lipinski definition) is 5. The maximum atomic E-state index is 10.9. The summed E-state index contributed by atoms with van der Waals surface area (Å²) in [7, 11) is 0. The second-order valence-corrected chi connectivity index (χ2v) is 3.00. The molecule has 7 nitrogen and oxygen atoms in total. The minimum absolute atomic E-state index is 0.0788. The number of amides is 3. The van der Waals surface area contributed by atoms with Gasteiger partial charge in [-0.15, -0.1) is 5.10 Å². The van der Waals surface area contributed by atoms with E-state index in [0.29, 0.717) is 5.03 Å². The van der Waals surface area contributed by atoms with Crippen LogP contribution in [0.15, 0.2) is 11.2 Å². The Morgan fingerprint density at radius 1 is 1.69 bits per heavy atom. The van der Waals surface area contributed by atoms with Crippen LogP contribution in [-0.2, 0) is 4.79 Å². The van der Waals surface area contributed by atoms with Gasteiger partial charge in [-0.25, -0.2) is 4.79 Å². The molecule has 0 aliphatic rings. The smallest absolute Gasteiger partial charge is 0.318 e. The van der Waals surface area contributed by atoms with E-state index in [1.54, 1.807) is 0 Å². The molecule has 0 atom stereocenters. The molecule has 0 unspecified atom stereocenters. The number of rotatable bonds is 3. The minimum atomic E-state index is -0.856. The molecule has 0 fully saturated rings. The number of aromatic amines is 1. The number of carbonyl (C=O) groups is 2. The highest BCUT2D eigenvalue weighted by molar-refractivity contribution is 7.99. The lowest BCUT2D eigenvalue weighted by Gasteiger charge is -1.97. The lowest BCUT2D eigenvalue weighted by molar-refractivity contribution is -0.117. The van der Waals surface area contributed by atoms with E-state index in [-0.39, 0.29) is 5.75 Å². The third-order valence-corrected chi connectivity index (χ3v) is 1.91. The Bertz CT molecular complexity index is 298. The monoisotopic (exact) mass is 201 g/mol. The number of thioether (sulfide) groups is 1. The zero-order valence-corrected chi connectivity index (χ0v) is 7.30. The fourth-order valence-corrected chi connectivity index (χ4v) is 1.16. The van der Waals surface area contributed by atoms with Crippen LogP contribution in [0.3, 0.4) is 0 Å². The molecule has 8 heteroatoms. The van der Waals surface area contributed by atoms with Gasteiger partial charge < -0.3 is 5.73 Å². The summed E-state index contributed by atoms with van der Waals surface area (Å²) in [5.74, 6) is -0.379. The van der Waals surface area contributed by atoms with Crippen molar-refractivity contribution in [3.05, 3.63) is 6.20 Å². The van der Waals surface area contributed by atoms with Crippen LogP contribution < -0.4 is 11.1 Å². The van der Waals surface area contributed by atoms with Crippen molar-refractivity contribution in [1.82, 2.24) is 20.7 Å². The number of hydrogen-bond donors (Lipinski definition) is 3. The third kappa shape index (κ3) is 3.56. The van der Waals surface area contributed by atoms with Crippen molar-refractivity contribution < 1.29 is 9.59 Å². The van der Waals surface area contributed by atoms with Gasteiger partial charge >= 0.3 is 6.03 Å². The maximum Gasteiger partial charge on any atom is 0.318 e. The van der Waals surface area contributed by atoms with Crippen molar-refractivity contribution in [3.63, 3.8) is 0 Å². The molecular formula is C5H7N5O2S. The van der Waals surface area contributed by atoms with Gasteiger partial charge in [-0.2, -0.15) is 10.3 Å². The summed E-state index contributed by atoms with van der Waals surface area (Å²) < 4.78 is 0. The number of imide groups is 1. The van der Waals surface area contributed by atoms with Crippen molar-refractivity contribution in [2.24, 2.45) is 5.73 Å². The van der Waals surface area contributed by atoms with E-state index >= 15 is 0 Å². The van der Waals surface area contributed by atoms with Gasteiger partial charge in [-0.1, -0.05) is 11.8 Å². The molecule has 0 aromatic carbocycles. The van der Waals surface area contributed by atoms with Gasteiger partial charge in [0.15, 0.2) is 0 Å². The molecule has 1 aromatic heterocycles. The zero-order chi connectivity index (χ0) is 9.68. The van der Waals surface area contributed by atoms with Crippen LogP contribution in [0.4, 0.5) is 4.79 Å². The van der Waals surface area contributed by atoms with Crippen LogP contribution in [0, 0.1) is 0 Å².